The minimum atomic E-state index is 0.479. The minimum Gasteiger partial charge on any atom is -0.487 e. The van der Waals surface area contributed by atoms with Gasteiger partial charge in [-0.15, -0.1) is 0 Å². The third-order valence-electron chi connectivity index (χ3n) is 12.4. The van der Waals surface area contributed by atoms with Crippen molar-refractivity contribution in [1.29, 1.82) is 0 Å². The van der Waals surface area contributed by atoms with Gasteiger partial charge in [0.1, 0.15) is 17.9 Å². The number of rotatable bonds is 15. The van der Waals surface area contributed by atoms with Gasteiger partial charge < -0.3 is 19.0 Å². The van der Waals surface area contributed by atoms with Gasteiger partial charge >= 0.3 is 0 Å². The molecule has 0 unspecified atom stereocenters. The van der Waals surface area contributed by atoms with E-state index in [0.717, 1.165) is 96.1 Å². The molecule has 0 saturated heterocycles. The maximum atomic E-state index is 6.81. The van der Waals surface area contributed by atoms with E-state index in [1.807, 2.05) is 20.8 Å². The molecule has 0 saturated carbocycles. The lowest BCUT2D eigenvalue weighted by Gasteiger charge is -2.31. The first-order valence-corrected chi connectivity index (χ1v) is 23.6. The molecule has 4 nitrogen and oxygen atoms in total. The highest BCUT2D eigenvalue weighted by atomic mass is 16.5. The Bertz CT molecular complexity index is 3270. The van der Waals surface area contributed by atoms with Crippen LogP contribution in [0.15, 0.2) is 192 Å². The zero-order valence-corrected chi connectivity index (χ0v) is 41.5. The molecule has 67 heavy (non-hydrogen) atoms. The summed E-state index contributed by atoms with van der Waals surface area (Å²) in [7, 11) is 0. The van der Waals surface area contributed by atoms with Crippen LogP contribution in [0.25, 0.3) is 49.0 Å². The molecule has 340 valence electrons. The summed E-state index contributed by atoms with van der Waals surface area (Å²) in [6.07, 6.45) is 15.7. The smallest absolute Gasteiger partial charge is 0.154 e. The second-order valence-electron chi connectivity index (χ2n) is 17.4. The molecule has 0 amide bonds. The average molecular weight is 883 g/mol. The number of hydrogen-bond donors (Lipinski definition) is 0. The normalized spacial score (nSPS) is 12.5. The maximum absolute atomic E-state index is 6.81. The molecule has 1 aromatic heterocycles. The van der Waals surface area contributed by atoms with Gasteiger partial charge in [0.05, 0.1) is 22.8 Å². The number of ether oxygens (including phenoxy) is 1. The van der Waals surface area contributed by atoms with Crippen LogP contribution >= 0.6 is 0 Å². The molecule has 4 heteroatoms. The van der Waals surface area contributed by atoms with E-state index in [1.165, 1.54) is 38.2 Å². The van der Waals surface area contributed by atoms with Gasteiger partial charge in [0.2, 0.25) is 0 Å². The number of para-hydroxylation sites is 3. The Kier molecular flexibility index (Phi) is 14.9. The highest BCUT2D eigenvalue weighted by Crippen LogP contribution is 2.49. The number of anilines is 4. The number of benzene rings is 7. The fraction of sp³-hybridized carbons (Fsp3) is 0.206. The summed E-state index contributed by atoms with van der Waals surface area (Å²) in [5.74, 6) is 1.65. The van der Waals surface area contributed by atoms with Crippen molar-refractivity contribution in [3.05, 3.63) is 215 Å². The summed E-state index contributed by atoms with van der Waals surface area (Å²) in [6.45, 7) is 32.2. The average Bonchev–Trinajstić information content (AvgIpc) is 3.67. The van der Waals surface area contributed by atoms with E-state index in [9.17, 15) is 0 Å². The molecule has 0 aliphatic carbocycles. The Morgan fingerprint density at radius 3 is 1.96 bits per heavy atom. The number of furan rings is 1. The van der Waals surface area contributed by atoms with Crippen LogP contribution in [-0.4, -0.2) is 6.61 Å². The molecule has 0 fully saturated rings. The molecule has 1 heterocycles. The summed E-state index contributed by atoms with van der Waals surface area (Å²) < 4.78 is 13.5. The first-order valence-electron chi connectivity index (χ1n) is 23.6. The predicted octanol–water partition coefficient (Wildman–Crippen LogP) is 18.8. The van der Waals surface area contributed by atoms with Crippen molar-refractivity contribution in [3.63, 3.8) is 0 Å². The largest absolute Gasteiger partial charge is 0.487 e. The molecule has 0 spiro atoms. The Morgan fingerprint density at radius 1 is 0.642 bits per heavy atom. The quantitative estimate of drug-likeness (QED) is 0.0583. The zero-order valence-electron chi connectivity index (χ0n) is 41.5. The topological polar surface area (TPSA) is 28.9 Å². The molecule has 0 bridgehead atoms. The van der Waals surface area contributed by atoms with Crippen LogP contribution in [0.3, 0.4) is 0 Å². The van der Waals surface area contributed by atoms with Crippen molar-refractivity contribution in [2.75, 3.05) is 16.4 Å². The molecule has 7 aromatic carbocycles. The number of allylic oxidation sites excluding steroid dienone is 9. The lowest BCUT2D eigenvalue weighted by molar-refractivity contribution is 0.353. The number of hydrogen-bond acceptors (Lipinski definition) is 4. The molecule has 0 N–H and O–H groups in total. The van der Waals surface area contributed by atoms with E-state index < -0.39 is 0 Å². The standard InChI is InChI=1S/C61H60N2O2.C2H6/c1-12-40(5)25-27-45(10)62(52(13-2)61-46(11)49-22-18-21-43(8)60(49)65-61)54-35-30-47-29-33-51-55(36-31-48-28-32-50(54)58(47)59(48)51)63(53-34-26-41(6)37-44(53)9)56-23-16-17-24-57(56)64-38-42(7)20-15-14-19-39(3)4;1-2/h12-14,16-37H,3,10,15,38H2,1-2,4-9,11H3;1-2H3/b19-14-,27-25-,40-12-,42-20-,52-13+;. The Morgan fingerprint density at radius 2 is 1.30 bits per heavy atom. The second kappa shape index (κ2) is 20.9. The van der Waals surface area contributed by atoms with Gasteiger partial charge in [-0.3, -0.25) is 0 Å². The monoisotopic (exact) mass is 883 g/mol. The SMILES string of the molecule is C=C(C)/C=C\C/C=C(/C)COc1ccccc1N(c1ccc(C)cc1C)c1ccc2ccc3c(N(C(=C)/C=C\C(C)=C/C)/C(=C/C)c4oc5c(C)cccc5c4C)ccc4ccc1c2c43.CC. The first-order chi connectivity index (χ1) is 32.4. The number of nitrogens with zero attached hydrogens (tertiary/aromatic N) is 2. The molecule has 0 radical (unpaired) electrons. The van der Waals surface area contributed by atoms with E-state index in [1.54, 1.807) is 0 Å². The molecule has 0 atom stereocenters. The van der Waals surface area contributed by atoms with Crippen LogP contribution in [0, 0.1) is 27.7 Å². The molecular formula is C63H66N2O2. The van der Waals surface area contributed by atoms with Crippen molar-refractivity contribution >= 4 is 71.7 Å². The second-order valence-corrected chi connectivity index (χ2v) is 17.4. The van der Waals surface area contributed by atoms with E-state index in [4.69, 9.17) is 15.7 Å². The van der Waals surface area contributed by atoms with E-state index >= 15 is 0 Å². The van der Waals surface area contributed by atoms with Crippen molar-refractivity contribution in [1.82, 2.24) is 0 Å². The van der Waals surface area contributed by atoms with E-state index in [0.29, 0.717) is 6.61 Å². The molecule has 0 aliphatic rings. The van der Waals surface area contributed by atoms with Gasteiger partial charge in [-0.1, -0.05) is 159 Å². The zero-order chi connectivity index (χ0) is 47.9. The fourth-order valence-corrected chi connectivity index (χ4v) is 8.99. The van der Waals surface area contributed by atoms with E-state index in [2.05, 4.69) is 223 Å². The van der Waals surface area contributed by atoms with Gasteiger partial charge in [-0.05, 0) is 143 Å². The minimum absolute atomic E-state index is 0.479. The van der Waals surface area contributed by atoms with Crippen molar-refractivity contribution in [2.24, 2.45) is 0 Å². The predicted molar refractivity (Wildman–Crippen MR) is 293 cm³/mol. The summed E-state index contributed by atoms with van der Waals surface area (Å²) in [4.78, 5) is 4.66. The van der Waals surface area contributed by atoms with Crippen molar-refractivity contribution in [3.8, 4) is 5.75 Å². The van der Waals surface area contributed by atoms with Gasteiger partial charge in [0.15, 0.2) is 5.76 Å². The van der Waals surface area contributed by atoms with Crippen molar-refractivity contribution in [2.45, 2.75) is 82.6 Å². The Labute approximate surface area is 399 Å². The van der Waals surface area contributed by atoms with Gasteiger partial charge in [-0.2, -0.15) is 0 Å². The van der Waals surface area contributed by atoms with Crippen LogP contribution in [-0.2, 0) is 0 Å². The summed E-state index contributed by atoms with van der Waals surface area (Å²) >= 11 is 0. The summed E-state index contributed by atoms with van der Waals surface area (Å²) in [5, 5.41) is 8.14. The van der Waals surface area contributed by atoms with Crippen LogP contribution in [0.1, 0.15) is 82.9 Å². The van der Waals surface area contributed by atoms with Gasteiger partial charge in [0.25, 0.3) is 0 Å². The Hall–Kier alpha value is -7.30. The molecule has 8 rings (SSSR count). The van der Waals surface area contributed by atoms with Crippen LogP contribution < -0.4 is 14.5 Å². The van der Waals surface area contributed by atoms with Crippen molar-refractivity contribution < 1.29 is 9.15 Å². The molecule has 8 aromatic rings. The maximum Gasteiger partial charge on any atom is 0.154 e. The van der Waals surface area contributed by atoms with Crippen LogP contribution in [0.4, 0.5) is 22.7 Å². The van der Waals surface area contributed by atoms with E-state index in [-0.39, 0.29) is 0 Å². The summed E-state index contributed by atoms with van der Waals surface area (Å²) in [6, 6.07) is 39.6. The summed E-state index contributed by atoms with van der Waals surface area (Å²) in [5.41, 5.74) is 14.8. The third-order valence-corrected chi connectivity index (χ3v) is 12.4. The third kappa shape index (κ3) is 9.67. The fourth-order valence-electron chi connectivity index (χ4n) is 8.99. The molecular weight excluding hydrogens is 817 g/mol. The highest BCUT2D eigenvalue weighted by Gasteiger charge is 2.27. The van der Waals surface area contributed by atoms with Gasteiger partial charge in [0, 0.05) is 33.1 Å². The first kappa shape index (κ1) is 47.7. The lowest BCUT2D eigenvalue weighted by atomic mass is 9.91. The van der Waals surface area contributed by atoms with Crippen LogP contribution in [0.5, 0.6) is 5.75 Å². The number of aryl methyl sites for hydroxylation is 4. The lowest BCUT2D eigenvalue weighted by Crippen LogP contribution is -2.20. The van der Waals surface area contributed by atoms with Gasteiger partial charge in [-0.25, -0.2) is 0 Å². The highest BCUT2D eigenvalue weighted by molar-refractivity contribution is 6.28. The molecule has 0 aliphatic heterocycles. The van der Waals surface area contributed by atoms with Crippen LogP contribution in [0.2, 0.25) is 0 Å². The Balaban J connectivity index is 0.00000329. The number of fused-ring (bicyclic) bond motifs is 1.